The van der Waals surface area contributed by atoms with Crippen LogP contribution in [-0.2, 0) is 9.59 Å². The Morgan fingerprint density at radius 2 is 2.00 bits per heavy atom. The van der Waals surface area contributed by atoms with E-state index in [9.17, 15) is 9.59 Å². The standard InChI is InChI=1S/C10H16N2O3/c13-9(10(14)15)11-7-4-6-12-5-2-1-3-8(7)12/h7-8H,1-6H2,(H,11,13)(H,14,15). The molecule has 5 heteroatoms. The molecule has 2 aliphatic heterocycles. The number of hydrogen-bond donors (Lipinski definition) is 2. The van der Waals surface area contributed by atoms with Gasteiger partial charge in [0.05, 0.1) is 0 Å². The molecule has 0 aromatic carbocycles. The first kappa shape index (κ1) is 10.4. The molecular formula is C10H16N2O3. The Hall–Kier alpha value is -1.10. The molecule has 2 rings (SSSR count). The van der Waals surface area contributed by atoms with Gasteiger partial charge in [-0.2, -0.15) is 0 Å². The first-order chi connectivity index (χ1) is 7.18. The topological polar surface area (TPSA) is 69.6 Å². The third-order valence-electron chi connectivity index (χ3n) is 3.37. The third-order valence-corrected chi connectivity index (χ3v) is 3.37. The van der Waals surface area contributed by atoms with Gasteiger partial charge in [0.1, 0.15) is 0 Å². The molecular weight excluding hydrogens is 196 g/mol. The first-order valence-corrected chi connectivity index (χ1v) is 5.46. The molecule has 2 atom stereocenters. The maximum absolute atomic E-state index is 11.0. The van der Waals surface area contributed by atoms with Crippen LogP contribution in [0.25, 0.3) is 0 Å². The summed E-state index contributed by atoms with van der Waals surface area (Å²) in [6, 6.07) is 0.399. The molecule has 2 unspecified atom stereocenters. The number of nitrogens with zero attached hydrogens (tertiary/aromatic N) is 1. The van der Waals surface area contributed by atoms with Gasteiger partial charge in [-0.25, -0.2) is 4.79 Å². The third kappa shape index (κ3) is 2.12. The number of carboxylic acids is 1. The molecule has 5 nitrogen and oxygen atoms in total. The summed E-state index contributed by atoms with van der Waals surface area (Å²) >= 11 is 0. The summed E-state index contributed by atoms with van der Waals surface area (Å²) in [7, 11) is 0. The summed E-state index contributed by atoms with van der Waals surface area (Å²) in [6.45, 7) is 2.07. The highest BCUT2D eigenvalue weighted by atomic mass is 16.4. The molecule has 0 bridgehead atoms. The fraction of sp³-hybridized carbons (Fsp3) is 0.800. The number of fused-ring (bicyclic) bond motifs is 1. The van der Waals surface area contributed by atoms with Crippen LogP contribution < -0.4 is 5.32 Å². The lowest BCUT2D eigenvalue weighted by Crippen LogP contribution is -2.48. The molecule has 15 heavy (non-hydrogen) atoms. The summed E-state index contributed by atoms with van der Waals surface area (Å²) < 4.78 is 0. The molecule has 2 fully saturated rings. The molecule has 0 radical (unpaired) electrons. The smallest absolute Gasteiger partial charge is 0.394 e. The molecule has 2 saturated heterocycles. The van der Waals surface area contributed by atoms with Crippen LogP contribution >= 0.6 is 0 Å². The van der Waals surface area contributed by atoms with Crippen molar-refractivity contribution < 1.29 is 14.7 Å². The Labute approximate surface area is 88.4 Å². The minimum absolute atomic E-state index is 0.0360. The number of hydrogen-bond acceptors (Lipinski definition) is 3. The van der Waals surface area contributed by atoms with E-state index in [1.54, 1.807) is 0 Å². The summed E-state index contributed by atoms with van der Waals surface area (Å²) in [5.74, 6) is -2.25. The van der Waals surface area contributed by atoms with Gasteiger partial charge in [-0.1, -0.05) is 6.42 Å². The van der Waals surface area contributed by atoms with E-state index >= 15 is 0 Å². The molecule has 2 heterocycles. The van der Waals surface area contributed by atoms with Crippen LogP contribution in [0.4, 0.5) is 0 Å². The number of rotatable bonds is 1. The zero-order valence-electron chi connectivity index (χ0n) is 8.61. The second-order valence-corrected chi connectivity index (χ2v) is 4.27. The number of carboxylic acid groups (broad SMARTS) is 1. The highest BCUT2D eigenvalue weighted by Crippen LogP contribution is 2.26. The summed E-state index contributed by atoms with van der Waals surface area (Å²) in [5, 5.41) is 11.1. The van der Waals surface area contributed by atoms with Crippen molar-refractivity contribution in [2.45, 2.75) is 37.8 Å². The molecule has 1 amide bonds. The van der Waals surface area contributed by atoms with Crippen LogP contribution in [0.5, 0.6) is 0 Å². The Kier molecular flexibility index (Phi) is 2.90. The van der Waals surface area contributed by atoms with Crippen molar-refractivity contribution in [1.82, 2.24) is 10.2 Å². The van der Waals surface area contributed by atoms with Gasteiger partial charge in [0, 0.05) is 18.6 Å². The van der Waals surface area contributed by atoms with Crippen molar-refractivity contribution in [1.29, 1.82) is 0 Å². The van der Waals surface area contributed by atoms with E-state index in [4.69, 9.17) is 5.11 Å². The number of aliphatic carboxylic acids is 1. The van der Waals surface area contributed by atoms with Gasteiger partial charge in [-0.05, 0) is 25.8 Å². The largest absolute Gasteiger partial charge is 0.474 e. The SMILES string of the molecule is O=C(O)C(=O)NC1CCN2CCCCC12. The molecule has 0 aromatic rings. The molecule has 0 saturated carbocycles. The van der Waals surface area contributed by atoms with Crippen LogP contribution in [0.15, 0.2) is 0 Å². The van der Waals surface area contributed by atoms with Gasteiger partial charge in [-0.3, -0.25) is 9.69 Å². The van der Waals surface area contributed by atoms with Crippen LogP contribution in [0.1, 0.15) is 25.7 Å². The zero-order chi connectivity index (χ0) is 10.8. The average Bonchev–Trinajstić information content (AvgIpc) is 2.62. The van der Waals surface area contributed by atoms with Crippen molar-refractivity contribution in [3.8, 4) is 0 Å². The lowest BCUT2D eigenvalue weighted by Gasteiger charge is -2.32. The number of piperidine rings is 1. The number of nitrogens with one attached hydrogen (secondary N) is 1. The van der Waals surface area contributed by atoms with Gasteiger partial charge >= 0.3 is 11.9 Å². The maximum Gasteiger partial charge on any atom is 0.394 e. The maximum atomic E-state index is 11.0. The van der Waals surface area contributed by atoms with E-state index in [1.807, 2.05) is 0 Å². The van der Waals surface area contributed by atoms with Crippen LogP contribution in [0.3, 0.4) is 0 Å². The van der Waals surface area contributed by atoms with E-state index in [2.05, 4.69) is 10.2 Å². The van der Waals surface area contributed by atoms with Crippen LogP contribution in [0.2, 0.25) is 0 Å². The number of carbonyl (C=O) groups excluding carboxylic acids is 1. The molecule has 0 aromatic heterocycles. The van der Waals surface area contributed by atoms with Gasteiger partial charge in [0.25, 0.3) is 0 Å². The first-order valence-electron chi connectivity index (χ1n) is 5.46. The quantitative estimate of drug-likeness (QED) is 0.591. The van der Waals surface area contributed by atoms with E-state index < -0.39 is 11.9 Å². The Balaban J connectivity index is 1.93. The summed E-state index contributed by atoms with van der Waals surface area (Å²) in [5.41, 5.74) is 0. The lowest BCUT2D eigenvalue weighted by molar-refractivity contribution is -0.150. The van der Waals surface area contributed by atoms with Crippen molar-refractivity contribution in [3.63, 3.8) is 0 Å². The molecule has 0 aliphatic carbocycles. The van der Waals surface area contributed by atoms with Crippen molar-refractivity contribution in [2.24, 2.45) is 0 Å². The van der Waals surface area contributed by atoms with Gasteiger partial charge < -0.3 is 10.4 Å². The molecule has 0 spiro atoms. The average molecular weight is 212 g/mol. The van der Waals surface area contributed by atoms with E-state index in [1.165, 1.54) is 12.8 Å². The van der Waals surface area contributed by atoms with Gasteiger partial charge in [0.2, 0.25) is 0 Å². The fourth-order valence-electron chi connectivity index (χ4n) is 2.65. The normalized spacial score (nSPS) is 30.9. The number of carbonyl (C=O) groups is 2. The Morgan fingerprint density at radius 1 is 1.20 bits per heavy atom. The Morgan fingerprint density at radius 3 is 2.73 bits per heavy atom. The molecule has 2 N–H and O–H groups in total. The van der Waals surface area contributed by atoms with E-state index in [-0.39, 0.29) is 6.04 Å². The second-order valence-electron chi connectivity index (χ2n) is 4.27. The highest BCUT2D eigenvalue weighted by molar-refractivity contribution is 6.31. The molecule has 84 valence electrons. The van der Waals surface area contributed by atoms with Gasteiger partial charge in [-0.15, -0.1) is 0 Å². The van der Waals surface area contributed by atoms with E-state index in [0.717, 1.165) is 25.9 Å². The minimum Gasteiger partial charge on any atom is -0.474 e. The number of amides is 1. The fourth-order valence-corrected chi connectivity index (χ4v) is 2.65. The highest BCUT2D eigenvalue weighted by Gasteiger charge is 2.36. The minimum atomic E-state index is -1.38. The van der Waals surface area contributed by atoms with Gasteiger partial charge in [0.15, 0.2) is 0 Å². The lowest BCUT2D eigenvalue weighted by atomic mass is 9.99. The molecule has 2 aliphatic rings. The van der Waals surface area contributed by atoms with Crippen molar-refractivity contribution in [3.05, 3.63) is 0 Å². The van der Waals surface area contributed by atoms with Crippen molar-refractivity contribution in [2.75, 3.05) is 13.1 Å². The summed E-state index contributed by atoms with van der Waals surface area (Å²) in [4.78, 5) is 23.8. The predicted octanol–water partition coefficient (Wildman–Crippen LogP) is -0.186. The Bertz CT molecular complexity index is 280. The summed E-state index contributed by atoms with van der Waals surface area (Å²) in [6.07, 6.45) is 4.35. The zero-order valence-corrected chi connectivity index (χ0v) is 8.61. The van der Waals surface area contributed by atoms with Crippen LogP contribution in [-0.4, -0.2) is 47.1 Å². The van der Waals surface area contributed by atoms with Crippen molar-refractivity contribution >= 4 is 11.9 Å². The predicted molar refractivity (Wildman–Crippen MR) is 53.4 cm³/mol. The second kappa shape index (κ2) is 4.18. The van der Waals surface area contributed by atoms with Crippen LogP contribution in [0, 0.1) is 0 Å². The monoisotopic (exact) mass is 212 g/mol. The van der Waals surface area contributed by atoms with E-state index in [0.29, 0.717) is 6.04 Å².